The van der Waals surface area contributed by atoms with E-state index in [4.69, 9.17) is 15.2 Å². The van der Waals surface area contributed by atoms with Crippen molar-refractivity contribution in [2.75, 3.05) is 40.1 Å². The van der Waals surface area contributed by atoms with E-state index in [0.717, 1.165) is 12.1 Å². The molecule has 6 heteroatoms. The van der Waals surface area contributed by atoms with Crippen LogP contribution in [-0.2, 0) is 6.54 Å². The van der Waals surface area contributed by atoms with E-state index in [-0.39, 0.29) is 5.91 Å². The van der Waals surface area contributed by atoms with E-state index in [2.05, 4.69) is 5.32 Å². The summed E-state index contributed by atoms with van der Waals surface area (Å²) in [6.45, 7) is 1.77. The van der Waals surface area contributed by atoms with Crippen molar-refractivity contribution in [3.05, 3.63) is 53.6 Å². The smallest absolute Gasteiger partial charge is 0.253 e. The number of nitrogens with one attached hydrogen (secondary N) is 1. The lowest BCUT2D eigenvalue weighted by Crippen LogP contribution is -2.23. The van der Waals surface area contributed by atoms with Gasteiger partial charge < -0.3 is 25.4 Å². The molecule has 2 aromatic carbocycles. The van der Waals surface area contributed by atoms with Gasteiger partial charge >= 0.3 is 0 Å². The molecular weight excluding hydrogens is 318 g/mol. The highest BCUT2D eigenvalue weighted by atomic mass is 16.5. The lowest BCUT2D eigenvalue weighted by molar-refractivity contribution is 0.0951. The second-order valence-corrected chi connectivity index (χ2v) is 5.91. The van der Waals surface area contributed by atoms with E-state index in [9.17, 15) is 4.79 Å². The van der Waals surface area contributed by atoms with E-state index in [0.29, 0.717) is 35.9 Å². The molecule has 0 aliphatic heterocycles. The fraction of sp³-hybridized carbons (Fsp3) is 0.316. The van der Waals surface area contributed by atoms with Crippen LogP contribution in [0.2, 0.25) is 0 Å². The Balaban J connectivity index is 1.98. The van der Waals surface area contributed by atoms with Gasteiger partial charge in [-0.3, -0.25) is 4.79 Å². The van der Waals surface area contributed by atoms with Crippen LogP contribution in [0.25, 0.3) is 0 Å². The molecule has 0 radical (unpaired) electrons. The van der Waals surface area contributed by atoms with Gasteiger partial charge in [-0.25, -0.2) is 0 Å². The van der Waals surface area contributed by atoms with Crippen molar-refractivity contribution in [1.29, 1.82) is 0 Å². The highest BCUT2D eigenvalue weighted by Gasteiger charge is 2.10. The molecule has 0 unspecified atom stereocenters. The first-order valence-electron chi connectivity index (χ1n) is 8.08. The third-order valence-corrected chi connectivity index (χ3v) is 3.68. The number of likely N-dealkylation sites (N-methyl/N-ethyl adjacent to an activating group) is 1. The third kappa shape index (κ3) is 5.39. The average Bonchev–Trinajstić information content (AvgIpc) is 2.60. The molecule has 6 nitrogen and oxygen atoms in total. The summed E-state index contributed by atoms with van der Waals surface area (Å²) in [7, 11) is 5.58. The molecule has 0 bridgehead atoms. The molecule has 0 heterocycles. The highest BCUT2D eigenvalue weighted by Crippen LogP contribution is 2.28. The molecule has 0 saturated carbocycles. The molecule has 2 aromatic rings. The number of methoxy groups -OCH3 is 1. The predicted molar refractivity (Wildman–Crippen MR) is 99.1 cm³/mol. The Morgan fingerprint density at radius 2 is 1.92 bits per heavy atom. The number of hydrogen-bond acceptors (Lipinski definition) is 5. The Labute approximate surface area is 148 Å². The van der Waals surface area contributed by atoms with E-state index < -0.39 is 0 Å². The number of carbonyl (C=O) groups is 1. The van der Waals surface area contributed by atoms with Gasteiger partial charge in [0.05, 0.1) is 12.7 Å². The summed E-state index contributed by atoms with van der Waals surface area (Å²) in [5, 5.41) is 2.86. The van der Waals surface area contributed by atoms with Crippen LogP contribution in [0.3, 0.4) is 0 Å². The van der Waals surface area contributed by atoms with Gasteiger partial charge in [-0.1, -0.05) is 18.2 Å². The molecule has 0 aromatic heterocycles. The maximum Gasteiger partial charge on any atom is 0.253 e. The standard InChI is InChI=1S/C19H25N3O3/c1-22(2)10-11-25-17-9-8-14(12-18(17)24-3)13-21-19(23)15-6-4-5-7-16(15)20/h4-9,12H,10-11,13,20H2,1-3H3,(H,21,23). The first kappa shape index (κ1) is 18.6. The van der Waals surface area contributed by atoms with Gasteiger partial charge in [-0.2, -0.15) is 0 Å². The molecule has 3 N–H and O–H groups in total. The largest absolute Gasteiger partial charge is 0.493 e. The first-order chi connectivity index (χ1) is 12.0. The van der Waals surface area contributed by atoms with Crippen molar-refractivity contribution >= 4 is 11.6 Å². The normalized spacial score (nSPS) is 10.6. The van der Waals surface area contributed by atoms with Crippen molar-refractivity contribution in [3.63, 3.8) is 0 Å². The lowest BCUT2D eigenvalue weighted by Gasteiger charge is -2.14. The summed E-state index contributed by atoms with van der Waals surface area (Å²) >= 11 is 0. The van der Waals surface area contributed by atoms with Crippen LogP contribution in [-0.4, -0.2) is 45.2 Å². The Hall–Kier alpha value is -2.73. The maximum absolute atomic E-state index is 12.2. The molecule has 1 amide bonds. The molecule has 0 spiro atoms. The minimum absolute atomic E-state index is 0.205. The zero-order valence-electron chi connectivity index (χ0n) is 14.9. The van der Waals surface area contributed by atoms with Crippen molar-refractivity contribution in [2.45, 2.75) is 6.54 Å². The second kappa shape index (κ2) is 8.94. The predicted octanol–water partition coefficient (Wildman–Crippen LogP) is 2.15. The number of anilines is 1. The van der Waals surface area contributed by atoms with Crippen LogP contribution in [0.5, 0.6) is 11.5 Å². The maximum atomic E-state index is 12.2. The van der Waals surface area contributed by atoms with Crippen LogP contribution in [0, 0.1) is 0 Å². The molecular formula is C19H25N3O3. The number of ether oxygens (including phenoxy) is 2. The topological polar surface area (TPSA) is 76.8 Å². The van der Waals surface area contributed by atoms with Crippen LogP contribution >= 0.6 is 0 Å². The molecule has 0 saturated heterocycles. The van der Waals surface area contributed by atoms with Gasteiger partial charge in [0, 0.05) is 18.8 Å². The van der Waals surface area contributed by atoms with Crippen LogP contribution in [0.4, 0.5) is 5.69 Å². The van der Waals surface area contributed by atoms with Gasteiger partial charge in [0.25, 0.3) is 5.91 Å². The minimum Gasteiger partial charge on any atom is -0.493 e. The summed E-state index contributed by atoms with van der Waals surface area (Å²) < 4.78 is 11.1. The minimum atomic E-state index is -0.205. The SMILES string of the molecule is COc1cc(CNC(=O)c2ccccc2N)ccc1OCCN(C)C. The van der Waals surface area contributed by atoms with Gasteiger partial charge in [-0.05, 0) is 43.9 Å². The molecule has 2 rings (SSSR count). The number of nitrogens with zero attached hydrogens (tertiary/aromatic N) is 1. The molecule has 0 atom stereocenters. The first-order valence-corrected chi connectivity index (χ1v) is 8.08. The monoisotopic (exact) mass is 343 g/mol. The fourth-order valence-electron chi connectivity index (χ4n) is 2.26. The van der Waals surface area contributed by atoms with Gasteiger partial charge in [0.2, 0.25) is 0 Å². The van der Waals surface area contributed by atoms with E-state index in [1.807, 2.05) is 37.2 Å². The summed E-state index contributed by atoms with van der Waals surface area (Å²) in [6.07, 6.45) is 0. The van der Waals surface area contributed by atoms with Crippen LogP contribution < -0.4 is 20.5 Å². The number of benzene rings is 2. The van der Waals surface area contributed by atoms with Gasteiger partial charge in [0.1, 0.15) is 6.61 Å². The molecule has 134 valence electrons. The fourth-order valence-corrected chi connectivity index (χ4v) is 2.26. The third-order valence-electron chi connectivity index (χ3n) is 3.68. The van der Waals surface area contributed by atoms with Crippen molar-refractivity contribution in [1.82, 2.24) is 10.2 Å². The number of para-hydroxylation sites is 1. The summed E-state index contributed by atoms with van der Waals surface area (Å²) in [6, 6.07) is 12.6. The Morgan fingerprint density at radius 1 is 1.16 bits per heavy atom. The molecule has 25 heavy (non-hydrogen) atoms. The van der Waals surface area contributed by atoms with E-state index in [1.165, 1.54) is 0 Å². The number of amides is 1. The Morgan fingerprint density at radius 3 is 2.60 bits per heavy atom. The molecule has 0 fully saturated rings. The highest BCUT2D eigenvalue weighted by molar-refractivity contribution is 5.99. The van der Waals surface area contributed by atoms with Gasteiger partial charge in [0.15, 0.2) is 11.5 Å². The van der Waals surface area contributed by atoms with E-state index in [1.54, 1.807) is 31.4 Å². The summed E-state index contributed by atoms with van der Waals surface area (Å²) in [4.78, 5) is 14.3. The number of rotatable bonds is 8. The Bertz CT molecular complexity index is 717. The zero-order chi connectivity index (χ0) is 18.2. The average molecular weight is 343 g/mol. The van der Waals surface area contributed by atoms with E-state index >= 15 is 0 Å². The van der Waals surface area contributed by atoms with Crippen molar-refractivity contribution < 1.29 is 14.3 Å². The summed E-state index contributed by atoms with van der Waals surface area (Å²) in [5.41, 5.74) is 7.67. The number of nitrogens with two attached hydrogens (primary N) is 1. The number of nitrogen functional groups attached to an aromatic ring is 1. The lowest BCUT2D eigenvalue weighted by atomic mass is 10.1. The van der Waals surface area contributed by atoms with Crippen LogP contribution in [0.1, 0.15) is 15.9 Å². The van der Waals surface area contributed by atoms with Crippen LogP contribution in [0.15, 0.2) is 42.5 Å². The van der Waals surface area contributed by atoms with Gasteiger partial charge in [-0.15, -0.1) is 0 Å². The quantitative estimate of drug-likeness (QED) is 0.718. The number of carbonyl (C=O) groups excluding carboxylic acids is 1. The van der Waals surface area contributed by atoms with Crippen molar-refractivity contribution in [2.24, 2.45) is 0 Å². The molecule has 0 aliphatic carbocycles. The molecule has 0 aliphatic rings. The van der Waals surface area contributed by atoms with Crippen molar-refractivity contribution in [3.8, 4) is 11.5 Å². The zero-order valence-corrected chi connectivity index (χ0v) is 14.9. The Kier molecular flexibility index (Phi) is 6.65. The summed E-state index contributed by atoms with van der Waals surface area (Å²) in [5.74, 6) is 1.12. The number of hydrogen-bond donors (Lipinski definition) is 2. The second-order valence-electron chi connectivity index (χ2n) is 5.91.